The van der Waals surface area contributed by atoms with Gasteiger partial charge in [-0.15, -0.1) is 0 Å². The van der Waals surface area contributed by atoms with Crippen LogP contribution >= 0.6 is 0 Å². The molecule has 0 saturated heterocycles. The van der Waals surface area contributed by atoms with E-state index in [9.17, 15) is 0 Å². The van der Waals surface area contributed by atoms with Gasteiger partial charge in [-0.2, -0.15) is 0 Å². The minimum absolute atomic E-state index is 0.410. The quantitative estimate of drug-likeness (QED) is 0.341. The van der Waals surface area contributed by atoms with E-state index in [1.165, 1.54) is 0 Å². The van der Waals surface area contributed by atoms with E-state index in [2.05, 4.69) is 9.47 Å². The minimum atomic E-state index is -0.410. The summed E-state index contributed by atoms with van der Waals surface area (Å²) in [6.45, 7) is 1.69. The molecule has 0 rings (SSSR count). The lowest BCUT2D eigenvalue weighted by atomic mass is 11.3. The Morgan fingerprint density at radius 1 is 1.14 bits per heavy atom. The maximum atomic E-state index is 9.12. The molecule has 0 aliphatic heterocycles. The number of carbonyl (C=O) groups excluding carboxylic acids is 2. The van der Waals surface area contributed by atoms with Crippen LogP contribution in [0.5, 0.6) is 0 Å². The molecule has 0 N–H and O–H groups in total. The Hall–Kier alpha value is -1.06. The molecular weight excluding hydrogens is 100 g/mol. The SMILES string of the molecule is O=[C]OCO[C]=O. The van der Waals surface area contributed by atoms with E-state index in [0.29, 0.717) is 0 Å². The van der Waals surface area contributed by atoms with E-state index in [1.807, 2.05) is 0 Å². The number of rotatable bonds is 4. The largest absolute Gasteiger partial charge is 0.420 e. The summed E-state index contributed by atoms with van der Waals surface area (Å²) in [5.74, 6) is 0. The van der Waals surface area contributed by atoms with Crippen LogP contribution in [-0.4, -0.2) is 19.7 Å². The van der Waals surface area contributed by atoms with Crippen molar-refractivity contribution in [2.45, 2.75) is 0 Å². The van der Waals surface area contributed by atoms with Crippen molar-refractivity contribution in [2.75, 3.05) is 6.79 Å². The van der Waals surface area contributed by atoms with Crippen LogP contribution in [0.1, 0.15) is 0 Å². The van der Waals surface area contributed by atoms with Gasteiger partial charge in [-0.05, 0) is 0 Å². The first kappa shape index (κ1) is 5.94. The molecule has 4 heteroatoms. The van der Waals surface area contributed by atoms with Crippen molar-refractivity contribution in [3.05, 3.63) is 0 Å². The zero-order valence-electron chi connectivity index (χ0n) is 3.34. The summed E-state index contributed by atoms with van der Waals surface area (Å²) in [6.07, 6.45) is 0. The van der Waals surface area contributed by atoms with Crippen molar-refractivity contribution in [1.29, 1.82) is 0 Å². The molecule has 0 spiro atoms. The van der Waals surface area contributed by atoms with Crippen molar-refractivity contribution >= 4 is 12.9 Å². The van der Waals surface area contributed by atoms with Gasteiger partial charge in [-0.25, -0.2) is 9.59 Å². The predicted octanol–water partition coefficient (Wildman–Crippen LogP) is -0.889. The molecule has 0 atom stereocenters. The summed E-state index contributed by atoms with van der Waals surface area (Å²) in [5, 5.41) is 0. The van der Waals surface area contributed by atoms with E-state index in [1.54, 1.807) is 0 Å². The van der Waals surface area contributed by atoms with Gasteiger partial charge in [0.05, 0.1) is 0 Å². The topological polar surface area (TPSA) is 52.6 Å². The molecule has 0 saturated carbocycles. The van der Waals surface area contributed by atoms with Crippen molar-refractivity contribution in [2.24, 2.45) is 0 Å². The van der Waals surface area contributed by atoms with Crippen molar-refractivity contribution in [1.82, 2.24) is 0 Å². The molecule has 2 radical (unpaired) electrons. The maximum absolute atomic E-state index is 9.12. The van der Waals surface area contributed by atoms with Crippen LogP contribution < -0.4 is 0 Å². The molecule has 7 heavy (non-hydrogen) atoms. The van der Waals surface area contributed by atoms with Gasteiger partial charge in [-0.1, -0.05) is 0 Å². The van der Waals surface area contributed by atoms with E-state index in [0.717, 1.165) is 12.9 Å². The Bertz CT molecular complexity index is 52.0. The van der Waals surface area contributed by atoms with Crippen LogP contribution in [0.3, 0.4) is 0 Å². The highest BCUT2D eigenvalue weighted by atomic mass is 16.7. The van der Waals surface area contributed by atoms with Crippen molar-refractivity contribution < 1.29 is 19.1 Å². The molecule has 4 nitrogen and oxygen atoms in total. The van der Waals surface area contributed by atoms with Gasteiger partial charge >= 0.3 is 12.9 Å². The van der Waals surface area contributed by atoms with E-state index in [-0.39, 0.29) is 0 Å². The highest BCUT2D eigenvalue weighted by Crippen LogP contribution is 1.64. The first-order chi connectivity index (χ1) is 3.41. The highest BCUT2D eigenvalue weighted by Gasteiger charge is 1.78. The summed E-state index contributed by atoms with van der Waals surface area (Å²) in [6, 6.07) is 0. The summed E-state index contributed by atoms with van der Waals surface area (Å²) in [7, 11) is 0. The number of hydrogen-bond donors (Lipinski definition) is 0. The molecular formula is C3H2O4. The molecule has 0 heterocycles. The minimum Gasteiger partial charge on any atom is -0.419 e. The fraction of sp³-hybridized carbons (Fsp3) is 0.333. The summed E-state index contributed by atoms with van der Waals surface area (Å²) < 4.78 is 7.57. The Morgan fingerprint density at radius 2 is 1.57 bits per heavy atom. The van der Waals surface area contributed by atoms with Crippen LogP contribution in [0.15, 0.2) is 0 Å². The molecule has 0 bridgehead atoms. The first-order valence-corrected chi connectivity index (χ1v) is 1.39. The fourth-order valence-electron chi connectivity index (χ4n) is 0.0776. The molecule has 0 aromatic heterocycles. The maximum Gasteiger partial charge on any atom is 0.420 e. The summed E-state index contributed by atoms with van der Waals surface area (Å²) >= 11 is 0. The smallest absolute Gasteiger partial charge is 0.419 e. The standard InChI is InChI=1S/C3H2O4/c4-1-6-3-7-2-5/h3H2. The normalized spacial score (nSPS) is 6.86. The molecule has 0 fully saturated rings. The van der Waals surface area contributed by atoms with E-state index in [4.69, 9.17) is 9.59 Å². The van der Waals surface area contributed by atoms with Gasteiger partial charge in [0, 0.05) is 0 Å². The average molecular weight is 102 g/mol. The molecule has 0 aromatic carbocycles. The van der Waals surface area contributed by atoms with Crippen LogP contribution in [-0.2, 0) is 19.1 Å². The van der Waals surface area contributed by atoms with Crippen molar-refractivity contribution in [3.63, 3.8) is 0 Å². The van der Waals surface area contributed by atoms with Crippen molar-refractivity contribution in [3.8, 4) is 0 Å². The lowest BCUT2D eigenvalue weighted by molar-refractivity contribution is 0.0903. The summed E-state index contributed by atoms with van der Waals surface area (Å²) in [5.41, 5.74) is 0. The average Bonchev–Trinajstić information content (AvgIpc) is 1.69. The zero-order chi connectivity index (χ0) is 5.54. The molecule has 38 valence electrons. The lowest BCUT2D eigenvalue weighted by Crippen LogP contribution is -1.94. The molecule has 0 amide bonds. The third-order valence-corrected chi connectivity index (χ3v) is 0.236. The first-order valence-electron chi connectivity index (χ1n) is 1.39. The van der Waals surface area contributed by atoms with E-state index < -0.39 is 6.79 Å². The second-order valence-electron chi connectivity index (χ2n) is 0.573. The van der Waals surface area contributed by atoms with Gasteiger partial charge in [0.2, 0.25) is 6.79 Å². The fourth-order valence-corrected chi connectivity index (χ4v) is 0.0776. The second-order valence-corrected chi connectivity index (χ2v) is 0.573. The summed E-state index contributed by atoms with van der Waals surface area (Å²) in [4.78, 5) is 18.2. The number of hydrogen-bond acceptors (Lipinski definition) is 4. The Kier molecular flexibility index (Phi) is 4.19. The zero-order valence-corrected chi connectivity index (χ0v) is 3.34. The molecule has 0 aliphatic rings. The molecule has 0 aromatic rings. The third-order valence-electron chi connectivity index (χ3n) is 0.236. The van der Waals surface area contributed by atoms with Gasteiger partial charge in [-0.3, -0.25) is 0 Å². The van der Waals surface area contributed by atoms with Gasteiger partial charge in [0.15, 0.2) is 0 Å². The van der Waals surface area contributed by atoms with Gasteiger partial charge in [0.25, 0.3) is 0 Å². The molecule has 0 aliphatic carbocycles. The lowest BCUT2D eigenvalue weighted by Gasteiger charge is -1.87. The monoisotopic (exact) mass is 102 g/mol. The van der Waals surface area contributed by atoms with Crippen LogP contribution in [0, 0.1) is 0 Å². The third kappa shape index (κ3) is 4.94. The van der Waals surface area contributed by atoms with E-state index >= 15 is 0 Å². The second kappa shape index (κ2) is 4.94. The van der Waals surface area contributed by atoms with Gasteiger partial charge < -0.3 is 9.47 Å². The Labute approximate surface area is 40.0 Å². The van der Waals surface area contributed by atoms with Crippen LogP contribution in [0.2, 0.25) is 0 Å². The Balaban J connectivity index is 2.68. The number of ether oxygens (including phenoxy) is 2. The predicted molar refractivity (Wildman–Crippen MR) is 18.4 cm³/mol. The Morgan fingerprint density at radius 3 is 1.86 bits per heavy atom. The molecule has 0 unspecified atom stereocenters. The highest BCUT2D eigenvalue weighted by molar-refractivity contribution is 5.40. The van der Waals surface area contributed by atoms with Crippen LogP contribution in [0.4, 0.5) is 0 Å². The van der Waals surface area contributed by atoms with Gasteiger partial charge in [0.1, 0.15) is 0 Å². The van der Waals surface area contributed by atoms with Crippen LogP contribution in [0.25, 0.3) is 0 Å².